The second-order valence-corrected chi connectivity index (χ2v) is 9.58. The molecule has 3 heterocycles. The van der Waals surface area contributed by atoms with Gasteiger partial charge in [-0.25, -0.2) is 13.9 Å². The van der Waals surface area contributed by atoms with Gasteiger partial charge in [-0.15, -0.1) is 0 Å². The zero-order valence-electron chi connectivity index (χ0n) is 20.7. The van der Waals surface area contributed by atoms with E-state index in [1.165, 1.54) is 16.9 Å². The van der Waals surface area contributed by atoms with Crippen LogP contribution in [0.5, 0.6) is 0 Å². The van der Waals surface area contributed by atoms with Crippen molar-refractivity contribution in [3.05, 3.63) is 100 Å². The van der Waals surface area contributed by atoms with Crippen molar-refractivity contribution < 1.29 is 22.4 Å². The molecule has 0 aliphatic heterocycles. The number of rotatable bonds is 6. The molecule has 12 heteroatoms. The number of alkyl halides is 3. The number of benzene rings is 2. The summed E-state index contributed by atoms with van der Waals surface area (Å²) in [6.45, 7) is 4.08. The van der Waals surface area contributed by atoms with Gasteiger partial charge in [0.25, 0.3) is 5.91 Å². The van der Waals surface area contributed by atoms with E-state index < -0.39 is 23.6 Å². The highest BCUT2D eigenvalue weighted by Gasteiger charge is 2.35. The fraction of sp³-hybridized carbons (Fsp3) is 0.185. The molecule has 5 rings (SSSR count). The number of carbonyl (C=O) groups excluding carboxylic acids is 1. The molecule has 0 saturated carbocycles. The summed E-state index contributed by atoms with van der Waals surface area (Å²) in [5.74, 6) is -1.06. The van der Waals surface area contributed by atoms with E-state index in [2.05, 4.69) is 20.5 Å². The second kappa shape index (κ2) is 10.1. The van der Waals surface area contributed by atoms with Crippen molar-refractivity contribution in [1.29, 1.82) is 0 Å². The number of halogens is 5. The van der Waals surface area contributed by atoms with Crippen LogP contribution in [-0.4, -0.2) is 30.3 Å². The van der Waals surface area contributed by atoms with E-state index in [9.17, 15) is 22.4 Å². The minimum Gasteiger partial charge on any atom is -0.302 e. The fourth-order valence-electron chi connectivity index (χ4n) is 4.01. The van der Waals surface area contributed by atoms with Crippen LogP contribution in [0.2, 0.25) is 5.02 Å². The summed E-state index contributed by atoms with van der Waals surface area (Å²) in [7, 11) is 0. The predicted octanol–water partition coefficient (Wildman–Crippen LogP) is 6.83. The van der Waals surface area contributed by atoms with Crippen LogP contribution >= 0.6 is 11.6 Å². The Balaban J connectivity index is 1.45. The first-order chi connectivity index (χ1) is 18.5. The molecule has 0 unspecified atom stereocenters. The SMILES string of the molecule is CC(C)c1ccc(-c2cc(C(F)(F)F)n3nc(C(=O)Nc4nn(Cc5ccccc5F)cc4Cl)cc3n2)cc1. The summed E-state index contributed by atoms with van der Waals surface area (Å²) in [6, 6.07) is 15.3. The molecule has 5 aromatic rings. The van der Waals surface area contributed by atoms with Gasteiger partial charge in [-0.2, -0.15) is 23.4 Å². The van der Waals surface area contributed by atoms with Crippen LogP contribution in [0.1, 0.15) is 47.1 Å². The molecule has 0 aliphatic rings. The number of hydrogen-bond acceptors (Lipinski definition) is 4. The van der Waals surface area contributed by atoms with Crippen molar-refractivity contribution in [2.75, 3.05) is 5.32 Å². The van der Waals surface area contributed by atoms with Crippen LogP contribution in [0.25, 0.3) is 16.9 Å². The van der Waals surface area contributed by atoms with Gasteiger partial charge in [0, 0.05) is 23.4 Å². The van der Waals surface area contributed by atoms with Crippen LogP contribution in [0, 0.1) is 5.82 Å². The zero-order chi connectivity index (χ0) is 27.9. The molecule has 0 aliphatic carbocycles. The van der Waals surface area contributed by atoms with Crippen LogP contribution in [0.15, 0.2) is 66.9 Å². The highest BCUT2D eigenvalue weighted by molar-refractivity contribution is 6.33. The fourth-order valence-corrected chi connectivity index (χ4v) is 4.21. The van der Waals surface area contributed by atoms with E-state index in [0.717, 1.165) is 17.7 Å². The van der Waals surface area contributed by atoms with Crippen molar-refractivity contribution in [3.8, 4) is 11.3 Å². The van der Waals surface area contributed by atoms with Gasteiger partial charge in [0.2, 0.25) is 0 Å². The van der Waals surface area contributed by atoms with E-state index in [4.69, 9.17) is 11.6 Å². The van der Waals surface area contributed by atoms with Gasteiger partial charge >= 0.3 is 6.18 Å². The number of anilines is 1. The largest absolute Gasteiger partial charge is 0.433 e. The van der Waals surface area contributed by atoms with Gasteiger partial charge < -0.3 is 5.32 Å². The topological polar surface area (TPSA) is 77.1 Å². The highest BCUT2D eigenvalue weighted by atomic mass is 35.5. The Hall–Kier alpha value is -4.25. The van der Waals surface area contributed by atoms with Crippen LogP contribution in [0.4, 0.5) is 23.4 Å². The maximum absolute atomic E-state index is 14.0. The molecule has 0 radical (unpaired) electrons. The molecule has 2 aromatic carbocycles. The van der Waals surface area contributed by atoms with Crippen LogP contribution in [0.3, 0.4) is 0 Å². The molecule has 200 valence electrons. The van der Waals surface area contributed by atoms with E-state index in [0.29, 0.717) is 15.6 Å². The summed E-state index contributed by atoms with van der Waals surface area (Å²) in [6.07, 6.45) is -3.37. The summed E-state index contributed by atoms with van der Waals surface area (Å²) >= 11 is 6.19. The molecule has 7 nitrogen and oxygen atoms in total. The predicted molar refractivity (Wildman–Crippen MR) is 138 cm³/mol. The zero-order valence-corrected chi connectivity index (χ0v) is 21.4. The minimum atomic E-state index is -4.76. The monoisotopic (exact) mass is 556 g/mol. The van der Waals surface area contributed by atoms with Crippen molar-refractivity contribution in [2.24, 2.45) is 0 Å². The van der Waals surface area contributed by atoms with Crippen molar-refractivity contribution in [2.45, 2.75) is 32.5 Å². The number of fused-ring (bicyclic) bond motifs is 1. The molecule has 0 spiro atoms. The molecule has 39 heavy (non-hydrogen) atoms. The van der Waals surface area contributed by atoms with Crippen molar-refractivity contribution >= 4 is 29.0 Å². The lowest BCUT2D eigenvalue weighted by molar-refractivity contribution is -0.142. The number of carbonyl (C=O) groups is 1. The van der Waals surface area contributed by atoms with Crippen molar-refractivity contribution in [1.82, 2.24) is 24.4 Å². The molecule has 1 amide bonds. The van der Waals surface area contributed by atoms with E-state index in [1.807, 2.05) is 26.0 Å². The molecule has 0 atom stereocenters. The number of aromatic nitrogens is 5. The third kappa shape index (κ3) is 5.49. The Bertz CT molecular complexity index is 1670. The van der Waals surface area contributed by atoms with E-state index in [-0.39, 0.29) is 40.3 Å². The van der Waals surface area contributed by atoms with Gasteiger partial charge in [0.1, 0.15) is 10.8 Å². The summed E-state index contributed by atoms with van der Waals surface area (Å²) in [5, 5.41) is 10.5. The Kier molecular flexibility index (Phi) is 6.85. The average Bonchev–Trinajstić information content (AvgIpc) is 3.47. The first-order valence-corrected chi connectivity index (χ1v) is 12.2. The number of nitrogens with one attached hydrogen (secondary N) is 1. The smallest absolute Gasteiger partial charge is 0.302 e. The number of hydrogen-bond donors (Lipinski definition) is 1. The molecule has 0 bridgehead atoms. The van der Waals surface area contributed by atoms with Gasteiger partial charge in [-0.1, -0.05) is 67.9 Å². The number of amides is 1. The average molecular weight is 557 g/mol. The first-order valence-electron chi connectivity index (χ1n) is 11.9. The maximum atomic E-state index is 14.0. The lowest BCUT2D eigenvalue weighted by atomic mass is 10.0. The van der Waals surface area contributed by atoms with Gasteiger partial charge in [-0.3, -0.25) is 9.48 Å². The summed E-state index contributed by atoms with van der Waals surface area (Å²) in [4.78, 5) is 17.2. The van der Waals surface area contributed by atoms with Gasteiger partial charge in [0.05, 0.1) is 12.2 Å². The molecule has 1 N–H and O–H groups in total. The summed E-state index contributed by atoms with van der Waals surface area (Å²) < 4.78 is 57.8. The minimum absolute atomic E-state index is 0.0509. The van der Waals surface area contributed by atoms with Gasteiger partial charge in [-0.05, 0) is 23.6 Å². The molecular formula is C27H21ClF4N6O. The van der Waals surface area contributed by atoms with Crippen LogP contribution < -0.4 is 5.32 Å². The quantitative estimate of drug-likeness (QED) is 0.233. The van der Waals surface area contributed by atoms with E-state index >= 15 is 0 Å². The molecule has 0 saturated heterocycles. The molecular weight excluding hydrogens is 536 g/mol. The Morgan fingerprint density at radius 1 is 1.05 bits per heavy atom. The third-order valence-electron chi connectivity index (χ3n) is 6.06. The van der Waals surface area contributed by atoms with Crippen molar-refractivity contribution in [3.63, 3.8) is 0 Å². The van der Waals surface area contributed by atoms with E-state index in [1.54, 1.807) is 30.3 Å². The van der Waals surface area contributed by atoms with Crippen LogP contribution in [-0.2, 0) is 12.7 Å². The second-order valence-electron chi connectivity index (χ2n) is 9.17. The maximum Gasteiger partial charge on any atom is 0.433 e. The lowest BCUT2D eigenvalue weighted by Gasteiger charge is -2.11. The standard InChI is InChI=1S/C27H21ClF4N6O/c1-15(2)16-7-9-17(10-8-16)21-11-23(27(30,31)32)38-24(33-21)12-22(35-38)26(39)34-25-19(28)14-37(36-25)13-18-5-3-4-6-20(18)29/h3-12,14-15H,13H2,1-2H3,(H,34,36,39). The first kappa shape index (κ1) is 26.4. The lowest BCUT2D eigenvalue weighted by Crippen LogP contribution is -2.16. The Morgan fingerprint density at radius 2 is 1.77 bits per heavy atom. The normalized spacial score (nSPS) is 11.9. The molecule has 0 fully saturated rings. The third-order valence-corrected chi connectivity index (χ3v) is 6.34. The summed E-state index contributed by atoms with van der Waals surface area (Å²) in [5.41, 5.74) is 0.416. The Morgan fingerprint density at radius 3 is 2.44 bits per heavy atom. The molecule has 3 aromatic heterocycles. The number of nitrogens with zero attached hydrogens (tertiary/aromatic N) is 5. The van der Waals surface area contributed by atoms with Gasteiger partial charge in [0.15, 0.2) is 22.9 Å². The Labute approximate surface area is 225 Å². The highest BCUT2D eigenvalue weighted by Crippen LogP contribution is 2.33.